The average molecular weight is 429 g/mol. The summed E-state index contributed by atoms with van der Waals surface area (Å²) in [5.41, 5.74) is 3.19. The quantitative estimate of drug-likeness (QED) is 0.486. The second-order valence-electron chi connectivity index (χ2n) is 7.96. The van der Waals surface area contributed by atoms with Gasteiger partial charge in [-0.05, 0) is 74.6 Å². The number of carbonyl (C=O) groups excluding carboxylic acids is 1. The van der Waals surface area contributed by atoms with Crippen LogP contribution >= 0.6 is 0 Å². The number of ether oxygens (including phenoxy) is 1. The lowest BCUT2D eigenvalue weighted by Crippen LogP contribution is -2.27. The van der Waals surface area contributed by atoms with Crippen LogP contribution in [0, 0.1) is 12.7 Å². The number of aryl methyl sites for hydroxylation is 1. The Kier molecular flexibility index (Phi) is 7.50. The number of nitrogens with one attached hydrogen (secondary N) is 2. The smallest absolute Gasteiger partial charge is 0.303 e. The molecule has 2 atom stereocenters. The fourth-order valence-electron chi connectivity index (χ4n) is 4.01. The van der Waals surface area contributed by atoms with Gasteiger partial charge in [0.2, 0.25) is 0 Å². The SMILES string of the molecule is Cc1ccc(F)c2c1C(CCNC(=O)c1ccc(OCCCCC(=O)O)cc1)C(C)N2. The fraction of sp³-hybridized carbons (Fsp3) is 0.417. The van der Waals surface area contributed by atoms with Crippen LogP contribution in [-0.4, -0.2) is 36.2 Å². The number of benzene rings is 2. The van der Waals surface area contributed by atoms with E-state index in [9.17, 15) is 14.0 Å². The summed E-state index contributed by atoms with van der Waals surface area (Å²) in [6.45, 7) is 4.95. The molecule has 0 saturated carbocycles. The van der Waals surface area contributed by atoms with Crippen molar-refractivity contribution in [2.75, 3.05) is 18.5 Å². The first kappa shape index (κ1) is 22.6. The van der Waals surface area contributed by atoms with Crippen LogP contribution < -0.4 is 15.4 Å². The Morgan fingerprint density at radius 1 is 1.16 bits per heavy atom. The number of aliphatic carboxylic acids is 1. The summed E-state index contributed by atoms with van der Waals surface area (Å²) in [7, 11) is 0. The first-order chi connectivity index (χ1) is 14.9. The number of hydrogen-bond donors (Lipinski definition) is 3. The van der Waals surface area contributed by atoms with Gasteiger partial charge in [0.05, 0.1) is 12.3 Å². The van der Waals surface area contributed by atoms with Crippen LogP contribution in [0.1, 0.15) is 60.0 Å². The number of unbranched alkanes of at least 4 members (excludes halogenated alkanes) is 1. The van der Waals surface area contributed by atoms with Crippen molar-refractivity contribution in [1.29, 1.82) is 0 Å². The second kappa shape index (κ2) is 10.3. The summed E-state index contributed by atoms with van der Waals surface area (Å²) in [5, 5.41) is 14.8. The molecule has 0 fully saturated rings. The van der Waals surface area contributed by atoms with E-state index >= 15 is 0 Å². The number of hydrogen-bond acceptors (Lipinski definition) is 4. The zero-order chi connectivity index (χ0) is 22.4. The van der Waals surface area contributed by atoms with Gasteiger partial charge in [0.25, 0.3) is 5.91 Å². The lowest BCUT2D eigenvalue weighted by molar-refractivity contribution is -0.137. The Morgan fingerprint density at radius 3 is 2.61 bits per heavy atom. The topological polar surface area (TPSA) is 87.7 Å². The van der Waals surface area contributed by atoms with Crippen LogP contribution in [-0.2, 0) is 4.79 Å². The minimum absolute atomic E-state index is 0.106. The Hall–Kier alpha value is -3.09. The van der Waals surface area contributed by atoms with Crippen molar-refractivity contribution in [3.8, 4) is 5.75 Å². The van der Waals surface area contributed by atoms with Crippen molar-refractivity contribution in [1.82, 2.24) is 5.32 Å². The molecule has 0 bridgehead atoms. The highest BCUT2D eigenvalue weighted by Gasteiger charge is 2.32. The Balaban J connectivity index is 1.46. The van der Waals surface area contributed by atoms with Crippen molar-refractivity contribution in [2.45, 2.75) is 51.5 Å². The van der Waals surface area contributed by atoms with Crippen LogP contribution in [0.4, 0.5) is 10.1 Å². The van der Waals surface area contributed by atoms with Gasteiger partial charge < -0.3 is 20.5 Å². The predicted molar refractivity (Wildman–Crippen MR) is 117 cm³/mol. The van der Waals surface area contributed by atoms with E-state index in [0.717, 1.165) is 17.5 Å². The summed E-state index contributed by atoms with van der Waals surface area (Å²) in [6, 6.07) is 10.3. The molecule has 3 rings (SSSR count). The fourth-order valence-corrected chi connectivity index (χ4v) is 4.01. The Morgan fingerprint density at radius 2 is 1.90 bits per heavy atom. The van der Waals surface area contributed by atoms with Gasteiger partial charge >= 0.3 is 5.97 Å². The van der Waals surface area contributed by atoms with Gasteiger partial charge in [-0.25, -0.2) is 4.39 Å². The van der Waals surface area contributed by atoms with Gasteiger partial charge in [0, 0.05) is 30.5 Å². The number of carboxylic acid groups (broad SMARTS) is 1. The van der Waals surface area contributed by atoms with E-state index < -0.39 is 5.97 Å². The van der Waals surface area contributed by atoms with E-state index in [1.54, 1.807) is 30.3 Å². The van der Waals surface area contributed by atoms with Crippen LogP contribution in [0.25, 0.3) is 0 Å². The summed E-state index contributed by atoms with van der Waals surface area (Å²) >= 11 is 0. The van der Waals surface area contributed by atoms with Gasteiger partial charge in [-0.1, -0.05) is 6.07 Å². The highest BCUT2D eigenvalue weighted by molar-refractivity contribution is 5.94. The molecule has 2 unspecified atom stereocenters. The van der Waals surface area contributed by atoms with E-state index in [0.29, 0.717) is 43.0 Å². The third-order valence-electron chi connectivity index (χ3n) is 5.67. The molecule has 2 aromatic carbocycles. The van der Waals surface area contributed by atoms with E-state index in [1.165, 1.54) is 6.07 Å². The van der Waals surface area contributed by atoms with Crippen molar-refractivity contribution in [3.05, 3.63) is 58.9 Å². The zero-order valence-electron chi connectivity index (χ0n) is 17.9. The number of fused-ring (bicyclic) bond motifs is 1. The number of halogens is 1. The third kappa shape index (κ3) is 5.75. The molecule has 0 saturated heterocycles. The van der Waals surface area contributed by atoms with Crippen molar-refractivity contribution >= 4 is 17.6 Å². The lowest BCUT2D eigenvalue weighted by Gasteiger charge is -2.18. The first-order valence-electron chi connectivity index (χ1n) is 10.6. The predicted octanol–water partition coefficient (Wildman–Crippen LogP) is 4.49. The monoisotopic (exact) mass is 428 g/mol. The minimum Gasteiger partial charge on any atom is -0.494 e. The van der Waals surface area contributed by atoms with Gasteiger partial charge in [-0.2, -0.15) is 0 Å². The molecule has 0 spiro atoms. The number of amides is 1. The second-order valence-corrected chi connectivity index (χ2v) is 7.96. The molecule has 31 heavy (non-hydrogen) atoms. The standard InChI is InChI=1S/C24H29FN2O4/c1-15-6-11-20(25)23-22(15)19(16(2)27-23)12-13-26-24(30)17-7-9-18(10-8-17)31-14-4-3-5-21(28)29/h6-11,16,19,27H,3-5,12-14H2,1-2H3,(H,26,30)(H,28,29). The van der Waals surface area contributed by atoms with Gasteiger partial charge in [0.1, 0.15) is 11.6 Å². The van der Waals surface area contributed by atoms with Gasteiger partial charge in [-0.15, -0.1) is 0 Å². The zero-order valence-corrected chi connectivity index (χ0v) is 17.9. The number of anilines is 1. The number of carbonyl (C=O) groups is 2. The molecule has 1 aliphatic heterocycles. The maximum atomic E-state index is 14.1. The van der Waals surface area contributed by atoms with Crippen LogP contribution in [0.2, 0.25) is 0 Å². The van der Waals surface area contributed by atoms with Crippen molar-refractivity contribution in [2.24, 2.45) is 0 Å². The molecule has 0 aromatic heterocycles. The van der Waals surface area contributed by atoms with E-state index in [1.807, 2.05) is 13.8 Å². The molecule has 1 amide bonds. The maximum absolute atomic E-state index is 14.1. The van der Waals surface area contributed by atoms with Gasteiger partial charge in [0.15, 0.2) is 0 Å². The molecule has 7 heteroatoms. The molecule has 1 heterocycles. The molecule has 6 nitrogen and oxygen atoms in total. The van der Waals surface area contributed by atoms with Crippen LogP contribution in [0.3, 0.4) is 0 Å². The maximum Gasteiger partial charge on any atom is 0.303 e. The highest BCUT2D eigenvalue weighted by Crippen LogP contribution is 2.41. The molecular formula is C24H29FN2O4. The number of carboxylic acids is 1. The molecular weight excluding hydrogens is 399 g/mol. The lowest BCUT2D eigenvalue weighted by atomic mass is 9.89. The Bertz CT molecular complexity index is 930. The normalized spacial score (nSPS) is 17.0. The van der Waals surface area contributed by atoms with Crippen LogP contribution in [0.5, 0.6) is 5.75 Å². The third-order valence-corrected chi connectivity index (χ3v) is 5.67. The van der Waals surface area contributed by atoms with E-state index in [2.05, 4.69) is 10.6 Å². The summed E-state index contributed by atoms with van der Waals surface area (Å²) in [4.78, 5) is 22.9. The summed E-state index contributed by atoms with van der Waals surface area (Å²) in [6.07, 6.45) is 2.09. The number of rotatable bonds is 10. The minimum atomic E-state index is -0.805. The summed E-state index contributed by atoms with van der Waals surface area (Å²) in [5.74, 6) is -0.416. The first-order valence-corrected chi connectivity index (χ1v) is 10.6. The average Bonchev–Trinajstić information content (AvgIpc) is 3.08. The molecule has 3 N–H and O–H groups in total. The largest absolute Gasteiger partial charge is 0.494 e. The highest BCUT2D eigenvalue weighted by atomic mass is 19.1. The molecule has 1 aliphatic rings. The Labute approximate surface area is 181 Å². The van der Waals surface area contributed by atoms with E-state index in [-0.39, 0.29) is 30.1 Å². The van der Waals surface area contributed by atoms with Crippen molar-refractivity contribution in [3.63, 3.8) is 0 Å². The molecule has 2 aromatic rings. The van der Waals surface area contributed by atoms with Gasteiger partial charge in [-0.3, -0.25) is 9.59 Å². The molecule has 166 valence electrons. The summed E-state index contributed by atoms with van der Waals surface area (Å²) < 4.78 is 19.7. The van der Waals surface area contributed by atoms with Crippen molar-refractivity contribution < 1.29 is 23.8 Å². The van der Waals surface area contributed by atoms with E-state index in [4.69, 9.17) is 9.84 Å². The molecule has 0 radical (unpaired) electrons. The van der Waals surface area contributed by atoms with Crippen LogP contribution in [0.15, 0.2) is 36.4 Å². The molecule has 0 aliphatic carbocycles.